The lowest BCUT2D eigenvalue weighted by atomic mass is 9.74. The van der Waals surface area contributed by atoms with Gasteiger partial charge in [-0.05, 0) is 80.7 Å². The van der Waals surface area contributed by atoms with Gasteiger partial charge in [-0.1, -0.05) is 97.8 Å². The molecule has 0 radical (unpaired) electrons. The Kier molecular flexibility index (Phi) is 7.81. The van der Waals surface area contributed by atoms with E-state index >= 15 is 0 Å². The van der Waals surface area contributed by atoms with Crippen LogP contribution in [0.5, 0.6) is 0 Å². The van der Waals surface area contributed by atoms with Gasteiger partial charge in [0.05, 0.1) is 6.04 Å². The lowest BCUT2D eigenvalue weighted by Gasteiger charge is -2.36. The van der Waals surface area contributed by atoms with Crippen molar-refractivity contribution in [1.29, 1.82) is 0 Å². The summed E-state index contributed by atoms with van der Waals surface area (Å²) in [7, 11) is 2.20. The van der Waals surface area contributed by atoms with E-state index in [1.165, 1.54) is 41.5 Å². The molecular weight excluding hydrogens is 452 g/mol. The summed E-state index contributed by atoms with van der Waals surface area (Å²) in [6.07, 6.45) is 6.85. The highest BCUT2D eigenvalue weighted by molar-refractivity contribution is 5.80. The van der Waals surface area contributed by atoms with Crippen LogP contribution in [0.2, 0.25) is 0 Å². The molecule has 3 nitrogen and oxygen atoms in total. The molecule has 3 atom stereocenters. The average Bonchev–Trinajstić information content (AvgIpc) is 3.78. The maximum absolute atomic E-state index is 13.6. The van der Waals surface area contributed by atoms with E-state index in [2.05, 4.69) is 116 Å². The second-order valence-corrected chi connectivity index (χ2v) is 11.8. The molecule has 2 aliphatic carbocycles. The van der Waals surface area contributed by atoms with Crippen molar-refractivity contribution in [3.05, 3.63) is 107 Å². The number of hydrogen-bond donors (Lipinski definition) is 1. The second kappa shape index (κ2) is 11.2. The molecule has 0 aromatic heterocycles. The molecular formula is C34H42N2O. The highest BCUT2D eigenvalue weighted by Gasteiger charge is 2.37. The van der Waals surface area contributed by atoms with E-state index in [0.717, 1.165) is 25.8 Å². The van der Waals surface area contributed by atoms with Gasteiger partial charge in [0.25, 0.3) is 0 Å². The molecule has 2 saturated carbocycles. The van der Waals surface area contributed by atoms with Gasteiger partial charge in [-0.3, -0.25) is 9.69 Å². The van der Waals surface area contributed by atoms with Crippen molar-refractivity contribution < 1.29 is 4.79 Å². The van der Waals surface area contributed by atoms with Gasteiger partial charge in [0, 0.05) is 18.0 Å². The van der Waals surface area contributed by atoms with E-state index in [1.807, 2.05) is 0 Å². The lowest BCUT2D eigenvalue weighted by Crippen LogP contribution is -2.39. The van der Waals surface area contributed by atoms with Crippen molar-refractivity contribution >= 4 is 5.91 Å². The van der Waals surface area contributed by atoms with Crippen LogP contribution in [0.4, 0.5) is 0 Å². The van der Waals surface area contributed by atoms with Gasteiger partial charge in [0.2, 0.25) is 5.91 Å². The van der Waals surface area contributed by atoms with E-state index in [1.54, 1.807) is 0 Å². The summed E-state index contributed by atoms with van der Waals surface area (Å²) in [5.41, 5.74) is 5.15. The predicted molar refractivity (Wildman–Crippen MR) is 152 cm³/mol. The van der Waals surface area contributed by atoms with Crippen LogP contribution in [0.3, 0.4) is 0 Å². The van der Waals surface area contributed by atoms with Gasteiger partial charge in [-0.2, -0.15) is 0 Å². The summed E-state index contributed by atoms with van der Waals surface area (Å²) in [6, 6.07) is 30.5. The number of rotatable bonds is 9. The first kappa shape index (κ1) is 25.7. The lowest BCUT2D eigenvalue weighted by molar-refractivity contribution is -0.127. The molecule has 2 aliphatic rings. The molecule has 3 aromatic carbocycles. The maximum atomic E-state index is 13.6. The number of nitrogens with zero attached hydrogens (tertiary/aromatic N) is 1. The van der Waals surface area contributed by atoms with Crippen LogP contribution in [0.25, 0.3) is 0 Å². The standard InChI is InChI=1S/C34H42N2O/c1-34(2,29-14-8-5-9-15-29)36(3)24-25-18-20-26(21-19-25)30-16-10-11-17-31(30)33(37)35-32(28-22-23-28)27-12-6-4-7-13-27/h4-9,12-15,18-21,28,30-32H,10-11,16-17,22-24H2,1-3H3,(H,35,37)/t30-,31+,32?/m1/s1. The first-order valence-corrected chi connectivity index (χ1v) is 14.1. The number of hydrogen-bond acceptors (Lipinski definition) is 2. The quantitative estimate of drug-likeness (QED) is 0.332. The van der Waals surface area contributed by atoms with Crippen molar-refractivity contribution in [3.63, 3.8) is 0 Å². The molecule has 1 amide bonds. The largest absolute Gasteiger partial charge is 0.349 e. The average molecular weight is 495 g/mol. The van der Waals surface area contributed by atoms with Crippen LogP contribution in [0.15, 0.2) is 84.9 Å². The minimum atomic E-state index is -0.0522. The highest BCUT2D eigenvalue weighted by Crippen LogP contribution is 2.43. The molecule has 1 unspecified atom stereocenters. The molecule has 3 aromatic rings. The van der Waals surface area contributed by atoms with Gasteiger partial charge < -0.3 is 5.32 Å². The Morgan fingerprint density at radius 3 is 2.14 bits per heavy atom. The normalized spacial score (nSPS) is 21.0. The fraction of sp³-hybridized carbons (Fsp3) is 0.441. The van der Waals surface area contributed by atoms with Crippen molar-refractivity contribution in [3.8, 4) is 0 Å². The molecule has 0 spiro atoms. The molecule has 1 N–H and O–H groups in total. The SMILES string of the molecule is CN(Cc1ccc([C@H]2CCCC[C@@H]2C(=O)NC(c2ccccc2)C2CC2)cc1)C(C)(C)c1ccccc1. The van der Waals surface area contributed by atoms with Crippen molar-refractivity contribution in [2.45, 2.75) is 76.4 Å². The summed E-state index contributed by atoms with van der Waals surface area (Å²) in [5, 5.41) is 3.49. The zero-order chi connectivity index (χ0) is 25.8. The Labute approximate surface area is 223 Å². The zero-order valence-corrected chi connectivity index (χ0v) is 22.7. The first-order chi connectivity index (χ1) is 17.9. The van der Waals surface area contributed by atoms with E-state index in [4.69, 9.17) is 0 Å². The zero-order valence-electron chi connectivity index (χ0n) is 22.7. The molecule has 0 heterocycles. The van der Waals surface area contributed by atoms with E-state index in [0.29, 0.717) is 11.8 Å². The summed E-state index contributed by atoms with van der Waals surface area (Å²) < 4.78 is 0. The van der Waals surface area contributed by atoms with Crippen LogP contribution in [-0.2, 0) is 16.9 Å². The molecule has 37 heavy (non-hydrogen) atoms. The third kappa shape index (κ3) is 5.99. The number of carbonyl (C=O) groups excluding carboxylic acids is 1. The van der Waals surface area contributed by atoms with Crippen LogP contribution in [0.1, 0.15) is 86.6 Å². The smallest absolute Gasteiger partial charge is 0.224 e. The Morgan fingerprint density at radius 1 is 0.865 bits per heavy atom. The van der Waals surface area contributed by atoms with Crippen molar-refractivity contribution in [1.82, 2.24) is 10.2 Å². The van der Waals surface area contributed by atoms with E-state index < -0.39 is 0 Å². The minimum Gasteiger partial charge on any atom is -0.349 e. The van der Waals surface area contributed by atoms with E-state index in [-0.39, 0.29) is 23.4 Å². The molecule has 5 rings (SSSR count). The molecule has 2 fully saturated rings. The Balaban J connectivity index is 1.26. The Bertz CT molecular complexity index is 1150. The van der Waals surface area contributed by atoms with Crippen LogP contribution in [0, 0.1) is 11.8 Å². The third-order valence-corrected chi connectivity index (χ3v) is 8.91. The fourth-order valence-corrected chi connectivity index (χ4v) is 6.08. The molecule has 0 aliphatic heterocycles. The number of amides is 1. The molecule has 0 saturated heterocycles. The summed E-state index contributed by atoms with van der Waals surface area (Å²) in [4.78, 5) is 16.1. The summed E-state index contributed by atoms with van der Waals surface area (Å²) >= 11 is 0. The first-order valence-electron chi connectivity index (χ1n) is 14.1. The highest BCUT2D eigenvalue weighted by atomic mass is 16.2. The summed E-state index contributed by atoms with van der Waals surface area (Å²) in [5.74, 6) is 1.20. The predicted octanol–water partition coefficient (Wildman–Crippen LogP) is 7.60. The van der Waals surface area contributed by atoms with Gasteiger partial charge in [-0.15, -0.1) is 0 Å². The summed E-state index contributed by atoms with van der Waals surface area (Å²) in [6.45, 7) is 5.45. The van der Waals surface area contributed by atoms with Gasteiger partial charge in [0.15, 0.2) is 0 Å². The van der Waals surface area contributed by atoms with Crippen LogP contribution >= 0.6 is 0 Å². The monoisotopic (exact) mass is 494 g/mol. The Hall–Kier alpha value is -2.91. The molecule has 0 bridgehead atoms. The van der Waals surface area contributed by atoms with Gasteiger partial charge in [0.1, 0.15) is 0 Å². The van der Waals surface area contributed by atoms with E-state index in [9.17, 15) is 4.79 Å². The Morgan fingerprint density at radius 2 is 1.49 bits per heavy atom. The number of benzene rings is 3. The third-order valence-electron chi connectivity index (χ3n) is 8.91. The number of carbonyl (C=O) groups is 1. The van der Waals surface area contributed by atoms with Gasteiger partial charge >= 0.3 is 0 Å². The maximum Gasteiger partial charge on any atom is 0.224 e. The van der Waals surface area contributed by atoms with Gasteiger partial charge in [-0.25, -0.2) is 0 Å². The molecule has 3 heteroatoms. The number of nitrogens with one attached hydrogen (secondary N) is 1. The topological polar surface area (TPSA) is 32.3 Å². The molecule has 194 valence electrons. The van der Waals surface area contributed by atoms with Crippen molar-refractivity contribution in [2.24, 2.45) is 11.8 Å². The van der Waals surface area contributed by atoms with Crippen LogP contribution < -0.4 is 5.32 Å². The second-order valence-electron chi connectivity index (χ2n) is 11.8. The van der Waals surface area contributed by atoms with Crippen LogP contribution in [-0.4, -0.2) is 17.9 Å². The minimum absolute atomic E-state index is 0.0522. The van der Waals surface area contributed by atoms with Crippen molar-refractivity contribution in [2.75, 3.05) is 7.05 Å². The fourth-order valence-electron chi connectivity index (χ4n) is 6.08.